The van der Waals surface area contributed by atoms with E-state index in [-0.39, 0.29) is 18.6 Å². The average molecular weight is 293 g/mol. The number of nitrogens with one attached hydrogen (secondary N) is 1. The SMILES string of the molecule is CC(NCC(=O)OC(C)(C)C)c1cccc(C=NON)c1. The standard InChI is InChI=1S/C15H23N3O3/c1-11(17-10-14(19)20-15(2,3)4)13-7-5-6-12(8-13)9-18-21-16/h5-9,11,17H,10,16H2,1-4H3. The van der Waals surface area contributed by atoms with E-state index in [0.29, 0.717) is 0 Å². The molecule has 0 fully saturated rings. The molecule has 1 atom stereocenters. The van der Waals surface area contributed by atoms with Crippen LogP contribution in [0.4, 0.5) is 0 Å². The maximum Gasteiger partial charge on any atom is 0.320 e. The van der Waals surface area contributed by atoms with Crippen molar-refractivity contribution in [1.29, 1.82) is 0 Å². The molecule has 0 aliphatic carbocycles. The van der Waals surface area contributed by atoms with Crippen molar-refractivity contribution in [3.05, 3.63) is 35.4 Å². The van der Waals surface area contributed by atoms with E-state index >= 15 is 0 Å². The maximum atomic E-state index is 11.7. The zero-order valence-corrected chi connectivity index (χ0v) is 12.9. The third kappa shape index (κ3) is 6.87. The normalized spacial score (nSPS) is 13.2. The highest BCUT2D eigenvalue weighted by atomic mass is 16.7. The second kappa shape index (κ2) is 7.75. The first-order valence-corrected chi connectivity index (χ1v) is 6.76. The predicted molar refractivity (Wildman–Crippen MR) is 81.6 cm³/mol. The number of nitrogens with two attached hydrogens (primary N) is 1. The van der Waals surface area contributed by atoms with E-state index in [4.69, 9.17) is 10.6 Å². The molecule has 1 aromatic rings. The Morgan fingerprint density at radius 2 is 2.19 bits per heavy atom. The van der Waals surface area contributed by atoms with E-state index in [1.54, 1.807) is 0 Å². The van der Waals surface area contributed by atoms with Crippen LogP contribution in [0.1, 0.15) is 44.9 Å². The van der Waals surface area contributed by atoms with Crippen molar-refractivity contribution in [2.45, 2.75) is 39.3 Å². The molecular weight excluding hydrogens is 270 g/mol. The summed E-state index contributed by atoms with van der Waals surface area (Å²) in [5.74, 6) is 4.57. The number of carbonyl (C=O) groups is 1. The number of oxime groups is 1. The van der Waals surface area contributed by atoms with E-state index in [2.05, 4.69) is 15.4 Å². The lowest BCUT2D eigenvalue weighted by atomic mass is 10.1. The Balaban J connectivity index is 2.57. The molecule has 1 rings (SSSR count). The van der Waals surface area contributed by atoms with Gasteiger partial charge in [0.05, 0.1) is 12.8 Å². The Morgan fingerprint density at radius 1 is 1.48 bits per heavy atom. The molecule has 0 amide bonds. The van der Waals surface area contributed by atoms with E-state index in [1.165, 1.54) is 6.21 Å². The number of ether oxygens (including phenoxy) is 1. The van der Waals surface area contributed by atoms with Gasteiger partial charge in [-0.3, -0.25) is 4.79 Å². The molecule has 0 saturated heterocycles. The lowest BCUT2D eigenvalue weighted by Crippen LogP contribution is -2.32. The van der Waals surface area contributed by atoms with Crippen molar-refractivity contribution >= 4 is 12.2 Å². The fourth-order valence-electron chi connectivity index (χ4n) is 1.73. The summed E-state index contributed by atoms with van der Waals surface area (Å²) in [7, 11) is 0. The Hall–Kier alpha value is -1.92. The molecule has 0 radical (unpaired) electrons. The highest BCUT2D eigenvalue weighted by Gasteiger charge is 2.16. The summed E-state index contributed by atoms with van der Waals surface area (Å²) in [5.41, 5.74) is 1.42. The molecule has 0 saturated carbocycles. The highest BCUT2D eigenvalue weighted by molar-refractivity contribution is 5.79. The van der Waals surface area contributed by atoms with Crippen molar-refractivity contribution in [1.82, 2.24) is 5.32 Å². The minimum absolute atomic E-state index is 0.00432. The molecule has 0 aliphatic rings. The summed E-state index contributed by atoms with van der Waals surface area (Å²) in [6.45, 7) is 7.66. The van der Waals surface area contributed by atoms with E-state index < -0.39 is 5.60 Å². The summed E-state index contributed by atoms with van der Waals surface area (Å²) >= 11 is 0. The predicted octanol–water partition coefficient (Wildman–Crippen LogP) is 1.90. The quantitative estimate of drug-likeness (QED) is 0.475. The number of esters is 1. The molecule has 21 heavy (non-hydrogen) atoms. The first-order chi connectivity index (χ1) is 9.81. The molecule has 1 unspecified atom stereocenters. The Labute approximate surface area is 125 Å². The van der Waals surface area contributed by atoms with Crippen LogP contribution in [0, 0.1) is 0 Å². The number of carbonyl (C=O) groups excluding carboxylic acids is 1. The first-order valence-electron chi connectivity index (χ1n) is 6.76. The third-order valence-electron chi connectivity index (χ3n) is 2.65. The van der Waals surface area contributed by atoms with Gasteiger partial charge in [-0.25, -0.2) is 0 Å². The zero-order chi connectivity index (χ0) is 15.9. The Morgan fingerprint density at radius 3 is 2.81 bits per heavy atom. The van der Waals surface area contributed by atoms with Gasteiger partial charge >= 0.3 is 5.97 Å². The molecule has 116 valence electrons. The largest absolute Gasteiger partial charge is 0.459 e. The summed E-state index contributed by atoms with van der Waals surface area (Å²) < 4.78 is 5.25. The fraction of sp³-hybridized carbons (Fsp3) is 0.467. The zero-order valence-electron chi connectivity index (χ0n) is 12.9. The van der Waals surface area contributed by atoms with Crippen molar-refractivity contribution in [3.8, 4) is 0 Å². The van der Waals surface area contributed by atoms with Crippen molar-refractivity contribution in [2.24, 2.45) is 11.1 Å². The van der Waals surface area contributed by atoms with Gasteiger partial charge in [0.1, 0.15) is 5.60 Å². The van der Waals surface area contributed by atoms with Crippen molar-refractivity contribution in [2.75, 3.05) is 6.54 Å². The van der Waals surface area contributed by atoms with E-state index in [9.17, 15) is 4.79 Å². The first kappa shape index (κ1) is 17.1. The second-order valence-corrected chi connectivity index (χ2v) is 5.70. The van der Waals surface area contributed by atoms with Gasteiger partial charge in [-0.2, -0.15) is 0 Å². The topological polar surface area (TPSA) is 85.9 Å². The molecule has 6 heteroatoms. The molecular formula is C15H23N3O3. The molecule has 0 bridgehead atoms. The van der Waals surface area contributed by atoms with Crippen LogP contribution in [0.25, 0.3) is 0 Å². The smallest absolute Gasteiger partial charge is 0.320 e. The van der Waals surface area contributed by atoms with Gasteiger partial charge in [0, 0.05) is 6.04 Å². The lowest BCUT2D eigenvalue weighted by Gasteiger charge is -2.21. The summed E-state index contributed by atoms with van der Waals surface area (Å²) in [4.78, 5) is 15.8. The molecule has 0 spiro atoms. The second-order valence-electron chi connectivity index (χ2n) is 5.70. The fourth-order valence-corrected chi connectivity index (χ4v) is 1.73. The van der Waals surface area contributed by atoms with Crippen LogP contribution >= 0.6 is 0 Å². The Kier molecular flexibility index (Phi) is 6.33. The van der Waals surface area contributed by atoms with Gasteiger partial charge in [0.25, 0.3) is 0 Å². The molecule has 0 aromatic heterocycles. The van der Waals surface area contributed by atoms with Gasteiger partial charge in [0.15, 0.2) is 0 Å². The van der Waals surface area contributed by atoms with Crippen LogP contribution < -0.4 is 11.2 Å². The van der Waals surface area contributed by atoms with Crippen LogP contribution in [0.2, 0.25) is 0 Å². The van der Waals surface area contributed by atoms with Crippen LogP contribution in [-0.2, 0) is 14.5 Å². The average Bonchev–Trinajstić information content (AvgIpc) is 2.41. The maximum absolute atomic E-state index is 11.7. The van der Waals surface area contributed by atoms with Crippen LogP contribution in [0.5, 0.6) is 0 Å². The summed E-state index contributed by atoms with van der Waals surface area (Å²) in [6, 6.07) is 7.69. The van der Waals surface area contributed by atoms with E-state index in [1.807, 2.05) is 52.0 Å². The van der Waals surface area contributed by atoms with Gasteiger partial charge in [-0.05, 0) is 44.9 Å². The van der Waals surface area contributed by atoms with Crippen LogP contribution in [0.15, 0.2) is 29.4 Å². The number of rotatable bonds is 6. The molecule has 6 nitrogen and oxygen atoms in total. The molecule has 3 N–H and O–H groups in total. The highest BCUT2D eigenvalue weighted by Crippen LogP contribution is 2.13. The van der Waals surface area contributed by atoms with Crippen molar-refractivity contribution in [3.63, 3.8) is 0 Å². The number of hydrogen-bond donors (Lipinski definition) is 2. The number of benzene rings is 1. The van der Waals surface area contributed by atoms with Gasteiger partial charge in [-0.15, -0.1) is 5.90 Å². The van der Waals surface area contributed by atoms with Crippen LogP contribution in [0.3, 0.4) is 0 Å². The monoisotopic (exact) mass is 293 g/mol. The van der Waals surface area contributed by atoms with Gasteiger partial charge in [0.2, 0.25) is 0 Å². The summed E-state index contributed by atoms with van der Waals surface area (Å²) in [5, 5.41) is 6.64. The Bertz CT molecular complexity index is 495. The third-order valence-corrected chi connectivity index (χ3v) is 2.65. The van der Waals surface area contributed by atoms with E-state index in [0.717, 1.165) is 11.1 Å². The molecule has 0 aliphatic heterocycles. The minimum Gasteiger partial charge on any atom is -0.459 e. The van der Waals surface area contributed by atoms with Crippen LogP contribution in [-0.4, -0.2) is 24.3 Å². The number of nitrogens with zero attached hydrogens (tertiary/aromatic N) is 1. The lowest BCUT2D eigenvalue weighted by molar-refractivity contribution is -0.153. The van der Waals surface area contributed by atoms with Gasteiger partial charge < -0.3 is 15.0 Å². The molecule has 1 aromatic carbocycles. The minimum atomic E-state index is -0.472. The number of hydrogen-bond acceptors (Lipinski definition) is 6. The molecule has 0 heterocycles. The van der Waals surface area contributed by atoms with Gasteiger partial charge in [-0.1, -0.05) is 23.4 Å². The summed E-state index contributed by atoms with van der Waals surface area (Å²) in [6.07, 6.45) is 1.52. The van der Waals surface area contributed by atoms with Crippen molar-refractivity contribution < 1.29 is 14.5 Å².